The maximum absolute atomic E-state index is 12.2. The zero-order chi connectivity index (χ0) is 19.4. The minimum absolute atomic E-state index is 0.203. The highest BCUT2D eigenvalue weighted by Crippen LogP contribution is 2.26. The second kappa shape index (κ2) is 7.85. The number of hydrogen-bond acceptors (Lipinski definition) is 5. The van der Waals surface area contributed by atoms with Gasteiger partial charge in [-0.25, -0.2) is 4.98 Å². The van der Waals surface area contributed by atoms with Gasteiger partial charge in [0.1, 0.15) is 11.4 Å². The van der Waals surface area contributed by atoms with Crippen LogP contribution in [0.5, 0.6) is 5.75 Å². The fourth-order valence-electron chi connectivity index (χ4n) is 2.03. The van der Waals surface area contributed by atoms with Crippen molar-refractivity contribution in [2.45, 2.75) is 6.36 Å². The molecular weight excluding hydrogens is 403 g/mol. The summed E-state index contributed by atoms with van der Waals surface area (Å²) >= 11 is 6.98. The molecule has 1 aromatic heterocycles. The first-order valence-corrected chi connectivity index (χ1v) is 8.69. The summed E-state index contributed by atoms with van der Waals surface area (Å²) in [6, 6.07) is 11.8. The summed E-state index contributed by atoms with van der Waals surface area (Å²) in [6.07, 6.45) is -4.74. The first-order chi connectivity index (χ1) is 12.8. The van der Waals surface area contributed by atoms with Crippen molar-refractivity contribution >= 4 is 45.4 Å². The lowest BCUT2D eigenvalue weighted by molar-refractivity contribution is -0.274. The van der Waals surface area contributed by atoms with E-state index in [1.807, 2.05) is 0 Å². The number of hydrogen-bond donors (Lipinski definition) is 2. The van der Waals surface area contributed by atoms with Gasteiger partial charge in [-0.1, -0.05) is 11.6 Å². The molecule has 2 N–H and O–H groups in total. The molecule has 27 heavy (non-hydrogen) atoms. The third-order valence-corrected chi connectivity index (χ3v) is 4.19. The van der Waals surface area contributed by atoms with Gasteiger partial charge in [0.05, 0.1) is 0 Å². The van der Waals surface area contributed by atoms with E-state index in [9.17, 15) is 18.0 Å². The molecule has 0 aliphatic carbocycles. The van der Waals surface area contributed by atoms with Gasteiger partial charge in [-0.2, -0.15) is 0 Å². The number of thiazole rings is 1. The fourth-order valence-corrected chi connectivity index (χ4v) is 2.86. The number of halogens is 4. The second-order valence-corrected chi connectivity index (χ2v) is 6.49. The quantitative estimate of drug-likeness (QED) is 0.564. The Kier molecular flexibility index (Phi) is 5.52. The van der Waals surface area contributed by atoms with Crippen molar-refractivity contribution in [3.05, 3.63) is 64.6 Å². The van der Waals surface area contributed by atoms with Crippen LogP contribution in [0.15, 0.2) is 53.9 Å². The van der Waals surface area contributed by atoms with Crippen molar-refractivity contribution in [3.63, 3.8) is 0 Å². The van der Waals surface area contributed by atoms with Crippen LogP contribution in [0.3, 0.4) is 0 Å². The largest absolute Gasteiger partial charge is 0.573 e. The van der Waals surface area contributed by atoms with Crippen LogP contribution in [-0.2, 0) is 0 Å². The van der Waals surface area contributed by atoms with E-state index in [0.717, 1.165) is 0 Å². The molecule has 3 aromatic rings. The Bertz CT molecular complexity index is 928. The molecule has 5 nitrogen and oxygen atoms in total. The maximum Gasteiger partial charge on any atom is 0.573 e. The summed E-state index contributed by atoms with van der Waals surface area (Å²) < 4.78 is 40.3. The summed E-state index contributed by atoms with van der Waals surface area (Å²) in [5.41, 5.74) is 1.28. The number of rotatable bonds is 5. The Labute approximate surface area is 160 Å². The average Bonchev–Trinajstić information content (AvgIpc) is 3.06. The lowest BCUT2D eigenvalue weighted by atomic mass is 10.3. The van der Waals surface area contributed by atoms with Crippen molar-refractivity contribution in [2.75, 3.05) is 10.6 Å². The molecule has 1 heterocycles. The molecule has 0 aliphatic heterocycles. The molecule has 3 rings (SSSR count). The fraction of sp³-hybridized carbons (Fsp3) is 0.0588. The van der Waals surface area contributed by atoms with Gasteiger partial charge < -0.3 is 15.4 Å². The van der Waals surface area contributed by atoms with Crippen molar-refractivity contribution in [1.82, 2.24) is 4.98 Å². The van der Waals surface area contributed by atoms with E-state index >= 15 is 0 Å². The summed E-state index contributed by atoms with van der Waals surface area (Å²) in [6.45, 7) is 0. The number of carbonyl (C=O) groups is 1. The molecule has 10 heteroatoms. The Morgan fingerprint density at radius 2 is 1.67 bits per heavy atom. The zero-order valence-electron chi connectivity index (χ0n) is 13.4. The van der Waals surface area contributed by atoms with Gasteiger partial charge in [-0.15, -0.1) is 24.5 Å². The van der Waals surface area contributed by atoms with Gasteiger partial charge in [0, 0.05) is 21.8 Å². The molecule has 0 aliphatic rings. The SMILES string of the molecule is O=C(Nc1ccc(Cl)cc1)c1csc(Nc2ccc(OC(F)(F)F)cc2)n1. The van der Waals surface area contributed by atoms with Crippen LogP contribution >= 0.6 is 22.9 Å². The van der Waals surface area contributed by atoms with Crippen LogP contribution in [0.4, 0.5) is 29.7 Å². The first-order valence-electron chi connectivity index (χ1n) is 7.44. The van der Waals surface area contributed by atoms with Gasteiger partial charge in [0.15, 0.2) is 5.13 Å². The number of nitrogens with one attached hydrogen (secondary N) is 2. The topological polar surface area (TPSA) is 63.2 Å². The van der Waals surface area contributed by atoms with Gasteiger partial charge >= 0.3 is 6.36 Å². The number of aromatic nitrogens is 1. The molecular formula is C17H11ClF3N3O2S. The van der Waals surface area contributed by atoms with E-state index in [0.29, 0.717) is 21.5 Å². The smallest absolute Gasteiger partial charge is 0.406 e. The summed E-state index contributed by atoms with van der Waals surface area (Å²) in [5, 5.41) is 8.14. The van der Waals surface area contributed by atoms with Crippen molar-refractivity contribution < 1.29 is 22.7 Å². The average molecular weight is 414 g/mol. The van der Waals surface area contributed by atoms with Crippen LogP contribution in [0.25, 0.3) is 0 Å². The molecule has 0 saturated carbocycles. The standard InChI is InChI=1S/C17H11ClF3N3O2S/c18-10-1-3-11(4-2-10)22-15(25)14-9-27-16(24-14)23-12-5-7-13(8-6-12)26-17(19,20)21/h1-9H,(H,22,25)(H,23,24). The molecule has 0 fully saturated rings. The van der Waals surface area contributed by atoms with E-state index in [4.69, 9.17) is 11.6 Å². The van der Waals surface area contributed by atoms with Gasteiger partial charge in [-0.05, 0) is 48.5 Å². The molecule has 0 radical (unpaired) electrons. The summed E-state index contributed by atoms with van der Waals surface area (Å²) in [4.78, 5) is 16.4. The number of amides is 1. The van der Waals surface area contributed by atoms with Crippen molar-refractivity contribution in [2.24, 2.45) is 0 Å². The monoisotopic (exact) mass is 413 g/mol. The number of anilines is 3. The third-order valence-electron chi connectivity index (χ3n) is 3.18. The number of benzene rings is 2. The molecule has 2 aromatic carbocycles. The lowest BCUT2D eigenvalue weighted by Gasteiger charge is -2.09. The Hall–Kier alpha value is -2.78. The van der Waals surface area contributed by atoms with E-state index in [1.54, 1.807) is 29.6 Å². The molecule has 0 bridgehead atoms. The minimum atomic E-state index is -4.74. The zero-order valence-corrected chi connectivity index (χ0v) is 15.0. The van der Waals surface area contributed by atoms with Gasteiger partial charge in [-0.3, -0.25) is 4.79 Å². The predicted octanol–water partition coefficient (Wildman–Crippen LogP) is 5.69. The third kappa shape index (κ3) is 5.60. The highest BCUT2D eigenvalue weighted by atomic mass is 35.5. The highest BCUT2D eigenvalue weighted by Gasteiger charge is 2.30. The number of alkyl halides is 3. The number of nitrogens with zero attached hydrogens (tertiary/aromatic N) is 1. The Morgan fingerprint density at radius 3 is 2.30 bits per heavy atom. The summed E-state index contributed by atoms with van der Waals surface area (Å²) in [7, 11) is 0. The van der Waals surface area contributed by atoms with Crippen LogP contribution < -0.4 is 15.4 Å². The molecule has 0 atom stereocenters. The van der Waals surface area contributed by atoms with Crippen LogP contribution in [-0.4, -0.2) is 17.3 Å². The predicted molar refractivity (Wildman–Crippen MR) is 97.9 cm³/mol. The molecule has 0 saturated heterocycles. The Morgan fingerprint density at radius 1 is 1.04 bits per heavy atom. The summed E-state index contributed by atoms with van der Waals surface area (Å²) in [5.74, 6) is -0.717. The van der Waals surface area contributed by atoms with Crippen molar-refractivity contribution in [3.8, 4) is 5.75 Å². The normalized spacial score (nSPS) is 11.1. The molecule has 140 valence electrons. The van der Waals surface area contributed by atoms with E-state index in [-0.39, 0.29) is 11.4 Å². The van der Waals surface area contributed by atoms with Crippen LogP contribution in [0.1, 0.15) is 10.5 Å². The van der Waals surface area contributed by atoms with Crippen molar-refractivity contribution in [1.29, 1.82) is 0 Å². The minimum Gasteiger partial charge on any atom is -0.406 e. The number of ether oxygens (including phenoxy) is 1. The molecule has 0 spiro atoms. The number of carbonyl (C=O) groups excluding carboxylic acids is 1. The molecule has 0 unspecified atom stereocenters. The van der Waals surface area contributed by atoms with Crippen LogP contribution in [0, 0.1) is 0 Å². The lowest BCUT2D eigenvalue weighted by Crippen LogP contribution is -2.16. The highest BCUT2D eigenvalue weighted by molar-refractivity contribution is 7.14. The van der Waals surface area contributed by atoms with E-state index in [2.05, 4.69) is 20.4 Å². The second-order valence-electron chi connectivity index (χ2n) is 5.20. The van der Waals surface area contributed by atoms with E-state index in [1.165, 1.54) is 35.6 Å². The van der Waals surface area contributed by atoms with Gasteiger partial charge in [0.25, 0.3) is 5.91 Å². The van der Waals surface area contributed by atoms with Gasteiger partial charge in [0.2, 0.25) is 0 Å². The van der Waals surface area contributed by atoms with E-state index < -0.39 is 12.3 Å². The van der Waals surface area contributed by atoms with Crippen LogP contribution in [0.2, 0.25) is 5.02 Å². The molecule has 1 amide bonds. The first kappa shape index (κ1) is 19.0. The Balaban J connectivity index is 1.62. The maximum atomic E-state index is 12.2.